The number of halogens is 1. The van der Waals surface area contributed by atoms with Gasteiger partial charge in [-0.2, -0.15) is 0 Å². The molecule has 6 nitrogen and oxygen atoms in total. The molecule has 0 bridgehead atoms. The zero-order valence-electron chi connectivity index (χ0n) is 17.7. The maximum Gasteiger partial charge on any atom is 0.238 e. The van der Waals surface area contributed by atoms with E-state index in [0.717, 1.165) is 16.8 Å². The van der Waals surface area contributed by atoms with Crippen LogP contribution < -0.4 is 10.1 Å². The van der Waals surface area contributed by atoms with Gasteiger partial charge in [-0.25, -0.2) is 4.39 Å². The van der Waals surface area contributed by atoms with E-state index in [1.54, 1.807) is 11.0 Å². The molecule has 0 atom stereocenters. The Hall–Kier alpha value is -2.93. The van der Waals surface area contributed by atoms with Crippen LogP contribution in [0, 0.1) is 19.7 Å². The first-order valence-electron chi connectivity index (χ1n) is 10.1. The number of anilines is 1. The number of methoxy groups -OCH3 is 1. The first kappa shape index (κ1) is 21.8. The summed E-state index contributed by atoms with van der Waals surface area (Å²) in [6.07, 6.45) is 0.147. The van der Waals surface area contributed by atoms with Crippen molar-refractivity contribution in [3.63, 3.8) is 0 Å². The number of hydrogen-bond acceptors (Lipinski definition) is 4. The number of nitrogens with one attached hydrogen (secondary N) is 1. The number of piperazine rings is 1. The Morgan fingerprint density at radius 1 is 1.07 bits per heavy atom. The normalized spacial score (nSPS) is 14.5. The maximum atomic E-state index is 13.8. The van der Waals surface area contributed by atoms with Crippen molar-refractivity contribution in [1.82, 2.24) is 9.80 Å². The van der Waals surface area contributed by atoms with E-state index < -0.39 is 5.82 Å². The molecule has 3 rings (SSSR count). The fourth-order valence-electron chi connectivity index (χ4n) is 3.66. The van der Waals surface area contributed by atoms with Crippen LogP contribution in [0.5, 0.6) is 5.75 Å². The smallest absolute Gasteiger partial charge is 0.238 e. The van der Waals surface area contributed by atoms with Crippen LogP contribution in [0.1, 0.15) is 16.7 Å². The molecule has 2 aromatic rings. The van der Waals surface area contributed by atoms with E-state index in [1.807, 2.05) is 36.9 Å². The second-order valence-electron chi connectivity index (χ2n) is 7.62. The fourth-order valence-corrected chi connectivity index (χ4v) is 3.66. The highest BCUT2D eigenvalue weighted by atomic mass is 19.1. The van der Waals surface area contributed by atoms with Crippen molar-refractivity contribution in [2.24, 2.45) is 0 Å². The van der Waals surface area contributed by atoms with Crippen molar-refractivity contribution in [2.75, 3.05) is 45.2 Å². The van der Waals surface area contributed by atoms with Crippen LogP contribution in [0.2, 0.25) is 0 Å². The van der Waals surface area contributed by atoms with Crippen molar-refractivity contribution in [2.45, 2.75) is 20.3 Å². The minimum absolute atomic E-state index is 0.0424. The van der Waals surface area contributed by atoms with Gasteiger partial charge in [0.25, 0.3) is 0 Å². The van der Waals surface area contributed by atoms with Gasteiger partial charge in [0.2, 0.25) is 11.8 Å². The molecule has 0 aromatic heterocycles. The van der Waals surface area contributed by atoms with Crippen LogP contribution in [-0.4, -0.2) is 61.4 Å². The van der Waals surface area contributed by atoms with Crippen LogP contribution in [0.25, 0.3) is 0 Å². The lowest BCUT2D eigenvalue weighted by molar-refractivity contribution is -0.132. The third kappa shape index (κ3) is 5.36. The molecule has 0 unspecified atom stereocenters. The number of carbonyl (C=O) groups excluding carboxylic acids is 2. The summed E-state index contributed by atoms with van der Waals surface area (Å²) >= 11 is 0. The van der Waals surface area contributed by atoms with E-state index in [4.69, 9.17) is 4.74 Å². The number of hydrogen-bond donors (Lipinski definition) is 1. The molecule has 0 radical (unpaired) electrons. The highest BCUT2D eigenvalue weighted by molar-refractivity contribution is 5.93. The molecule has 160 valence electrons. The zero-order chi connectivity index (χ0) is 21.7. The summed E-state index contributed by atoms with van der Waals surface area (Å²) in [5.74, 6) is -0.401. The van der Waals surface area contributed by atoms with Crippen molar-refractivity contribution in [3.8, 4) is 5.75 Å². The molecule has 1 aliphatic heterocycles. The Labute approximate surface area is 176 Å². The van der Waals surface area contributed by atoms with Crippen molar-refractivity contribution in [1.29, 1.82) is 0 Å². The predicted octanol–water partition coefficient (Wildman–Crippen LogP) is 2.78. The van der Waals surface area contributed by atoms with Gasteiger partial charge in [-0.05, 0) is 42.7 Å². The summed E-state index contributed by atoms with van der Waals surface area (Å²) in [7, 11) is 1.41. The Morgan fingerprint density at radius 3 is 2.33 bits per heavy atom. The summed E-state index contributed by atoms with van der Waals surface area (Å²) in [6, 6.07) is 10.5. The Bertz CT molecular complexity index is 904. The van der Waals surface area contributed by atoms with Gasteiger partial charge in [0, 0.05) is 31.9 Å². The molecule has 1 saturated heterocycles. The molecule has 1 heterocycles. The number of aryl methyl sites for hydroxylation is 2. The summed E-state index contributed by atoms with van der Waals surface area (Å²) in [6.45, 7) is 6.59. The summed E-state index contributed by atoms with van der Waals surface area (Å²) in [5, 5.41) is 3.00. The number of carbonyl (C=O) groups is 2. The van der Waals surface area contributed by atoms with Gasteiger partial charge in [-0.1, -0.05) is 24.3 Å². The lowest BCUT2D eigenvalue weighted by Crippen LogP contribution is -2.50. The van der Waals surface area contributed by atoms with Gasteiger partial charge < -0.3 is 15.0 Å². The van der Waals surface area contributed by atoms with Crippen LogP contribution in [0.4, 0.5) is 10.1 Å². The Kier molecular flexibility index (Phi) is 7.05. The number of para-hydroxylation sites is 1. The lowest BCUT2D eigenvalue weighted by atomic mass is 10.1. The molecule has 0 aliphatic carbocycles. The summed E-state index contributed by atoms with van der Waals surface area (Å²) < 4.78 is 18.7. The van der Waals surface area contributed by atoms with E-state index in [2.05, 4.69) is 5.32 Å². The van der Waals surface area contributed by atoms with Crippen LogP contribution in [0.15, 0.2) is 36.4 Å². The Morgan fingerprint density at radius 2 is 1.73 bits per heavy atom. The molecule has 1 aliphatic rings. The fraction of sp³-hybridized carbons (Fsp3) is 0.391. The average Bonchev–Trinajstić information content (AvgIpc) is 2.71. The molecule has 0 spiro atoms. The van der Waals surface area contributed by atoms with Crippen LogP contribution in [-0.2, 0) is 16.0 Å². The average molecular weight is 413 g/mol. The third-order valence-electron chi connectivity index (χ3n) is 5.41. The summed E-state index contributed by atoms with van der Waals surface area (Å²) in [5.41, 5.74) is 3.55. The largest absolute Gasteiger partial charge is 0.494 e. The molecular formula is C23H28FN3O3. The highest BCUT2D eigenvalue weighted by Gasteiger charge is 2.23. The zero-order valence-corrected chi connectivity index (χ0v) is 17.7. The van der Waals surface area contributed by atoms with Crippen molar-refractivity contribution in [3.05, 3.63) is 58.9 Å². The van der Waals surface area contributed by atoms with Crippen LogP contribution >= 0.6 is 0 Å². The van der Waals surface area contributed by atoms with Gasteiger partial charge in [-0.15, -0.1) is 0 Å². The minimum Gasteiger partial charge on any atom is -0.494 e. The number of benzene rings is 2. The summed E-state index contributed by atoms with van der Waals surface area (Å²) in [4.78, 5) is 28.8. The second-order valence-corrected chi connectivity index (χ2v) is 7.62. The van der Waals surface area contributed by atoms with Crippen molar-refractivity contribution >= 4 is 17.5 Å². The van der Waals surface area contributed by atoms with Crippen LogP contribution in [0.3, 0.4) is 0 Å². The van der Waals surface area contributed by atoms with E-state index in [9.17, 15) is 14.0 Å². The highest BCUT2D eigenvalue weighted by Crippen LogP contribution is 2.20. The topological polar surface area (TPSA) is 61.9 Å². The molecule has 0 saturated carbocycles. The number of amides is 2. The quantitative estimate of drug-likeness (QED) is 0.791. The lowest BCUT2D eigenvalue weighted by Gasteiger charge is -2.34. The van der Waals surface area contributed by atoms with E-state index >= 15 is 0 Å². The Balaban J connectivity index is 1.48. The molecule has 1 fully saturated rings. The van der Waals surface area contributed by atoms with E-state index in [1.165, 1.54) is 19.2 Å². The first-order valence-corrected chi connectivity index (χ1v) is 10.1. The molecule has 2 aromatic carbocycles. The molecule has 1 N–H and O–H groups in total. The van der Waals surface area contributed by atoms with E-state index in [0.29, 0.717) is 38.3 Å². The third-order valence-corrected chi connectivity index (χ3v) is 5.41. The predicted molar refractivity (Wildman–Crippen MR) is 114 cm³/mol. The number of rotatable bonds is 6. The molecule has 2 amide bonds. The number of ether oxygens (including phenoxy) is 1. The monoisotopic (exact) mass is 413 g/mol. The first-order chi connectivity index (χ1) is 14.4. The van der Waals surface area contributed by atoms with E-state index in [-0.39, 0.29) is 24.0 Å². The number of nitrogens with zero attached hydrogens (tertiary/aromatic N) is 2. The van der Waals surface area contributed by atoms with Gasteiger partial charge in [0.15, 0.2) is 11.6 Å². The SMILES string of the molecule is COc1ccc(CC(=O)N2CCN(CC(=O)Nc3c(C)cccc3C)CC2)cc1F. The van der Waals surface area contributed by atoms with Gasteiger partial charge in [-0.3, -0.25) is 14.5 Å². The molecule has 7 heteroatoms. The van der Waals surface area contributed by atoms with Gasteiger partial charge in [0.05, 0.1) is 20.1 Å². The standard InChI is InChI=1S/C23H28FN3O3/c1-16-5-4-6-17(2)23(16)25-21(28)15-26-9-11-27(12-10-26)22(29)14-18-7-8-20(30-3)19(24)13-18/h4-8,13H,9-12,14-15H2,1-3H3,(H,25,28). The second kappa shape index (κ2) is 9.71. The maximum absolute atomic E-state index is 13.8. The molecule has 30 heavy (non-hydrogen) atoms. The van der Waals surface area contributed by atoms with Gasteiger partial charge in [0.1, 0.15) is 0 Å². The molecular weight excluding hydrogens is 385 g/mol. The minimum atomic E-state index is -0.470. The van der Waals surface area contributed by atoms with Crippen molar-refractivity contribution < 1.29 is 18.7 Å². The van der Waals surface area contributed by atoms with Gasteiger partial charge >= 0.3 is 0 Å².